The fraction of sp³-hybridized carbons (Fsp3) is 0.450. The number of hydrogen-bond acceptors (Lipinski definition) is 5. The van der Waals surface area contributed by atoms with Gasteiger partial charge in [-0.05, 0) is 44.5 Å². The summed E-state index contributed by atoms with van der Waals surface area (Å²) in [6, 6.07) is 10.3. The van der Waals surface area contributed by atoms with E-state index in [9.17, 15) is 4.79 Å². The van der Waals surface area contributed by atoms with Gasteiger partial charge in [-0.15, -0.1) is 10.2 Å². The highest BCUT2D eigenvalue weighted by atomic mass is 16.1. The first-order valence-corrected chi connectivity index (χ1v) is 9.15. The van der Waals surface area contributed by atoms with E-state index in [1.165, 1.54) is 6.92 Å². The number of aromatic nitrogens is 2. The number of carbonyl (C=O) groups is 1. The Morgan fingerprint density at radius 1 is 1.08 bits per heavy atom. The summed E-state index contributed by atoms with van der Waals surface area (Å²) in [4.78, 5) is 15.9. The van der Waals surface area contributed by atoms with Crippen molar-refractivity contribution >= 4 is 17.4 Å². The van der Waals surface area contributed by atoms with Crippen molar-refractivity contribution in [1.29, 1.82) is 0 Å². The molecule has 2 aromatic rings. The number of rotatable bonds is 4. The van der Waals surface area contributed by atoms with Crippen LogP contribution in [0.25, 0.3) is 11.3 Å². The minimum Gasteiger partial charge on any atom is -0.352 e. The maximum absolute atomic E-state index is 11.1. The quantitative estimate of drug-likeness (QED) is 0.916. The number of amides is 1. The van der Waals surface area contributed by atoms with Crippen molar-refractivity contribution in [3.63, 3.8) is 0 Å². The molecule has 0 atom stereocenters. The molecule has 0 unspecified atom stereocenters. The fourth-order valence-corrected chi connectivity index (χ4v) is 3.31. The average Bonchev–Trinajstić information content (AvgIpc) is 2.62. The minimum atomic E-state index is -0.0738. The first-order chi connectivity index (χ1) is 12.4. The van der Waals surface area contributed by atoms with Gasteiger partial charge in [0, 0.05) is 50.4 Å². The Labute approximate surface area is 155 Å². The van der Waals surface area contributed by atoms with Crippen LogP contribution in [0.5, 0.6) is 0 Å². The summed E-state index contributed by atoms with van der Waals surface area (Å²) >= 11 is 0. The fourth-order valence-electron chi connectivity index (χ4n) is 3.31. The molecule has 6 heteroatoms. The normalized spacial score (nSPS) is 15.3. The lowest BCUT2D eigenvalue weighted by atomic mass is 10.1. The van der Waals surface area contributed by atoms with Crippen LogP contribution in [0.4, 0.5) is 11.5 Å². The molecule has 0 bridgehead atoms. The van der Waals surface area contributed by atoms with Crippen molar-refractivity contribution < 1.29 is 4.79 Å². The predicted octanol–water partition coefficient (Wildman–Crippen LogP) is 2.94. The number of anilines is 2. The Morgan fingerprint density at radius 2 is 1.73 bits per heavy atom. The average molecular weight is 353 g/mol. The lowest BCUT2D eigenvalue weighted by Crippen LogP contribution is -2.49. The lowest BCUT2D eigenvalue weighted by molar-refractivity contribution is -0.114. The number of hydrogen-bond donors (Lipinski definition) is 1. The number of benzene rings is 1. The lowest BCUT2D eigenvalue weighted by Gasteiger charge is -2.37. The summed E-state index contributed by atoms with van der Waals surface area (Å²) in [6.45, 7) is 12.2. The highest BCUT2D eigenvalue weighted by molar-refractivity contribution is 5.88. The van der Waals surface area contributed by atoms with E-state index in [2.05, 4.69) is 52.2 Å². The summed E-state index contributed by atoms with van der Waals surface area (Å²) < 4.78 is 0. The summed E-state index contributed by atoms with van der Waals surface area (Å²) in [5.41, 5.74) is 3.76. The van der Waals surface area contributed by atoms with Gasteiger partial charge in [0.2, 0.25) is 5.91 Å². The van der Waals surface area contributed by atoms with Crippen LogP contribution in [0.1, 0.15) is 26.3 Å². The SMILES string of the molecule is CC(=O)Nc1ccc(-c2cc(C)c(N3CCN(C(C)C)CC3)nn2)cc1. The van der Waals surface area contributed by atoms with Crippen LogP contribution < -0.4 is 10.2 Å². The third-order valence-corrected chi connectivity index (χ3v) is 4.80. The number of carbonyl (C=O) groups excluding carboxylic acids is 1. The molecule has 0 radical (unpaired) electrons. The molecule has 3 rings (SSSR count). The second-order valence-electron chi connectivity index (χ2n) is 7.11. The summed E-state index contributed by atoms with van der Waals surface area (Å²) in [6.07, 6.45) is 0. The standard InChI is InChI=1S/C20H27N5O/c1-14(2)24-9-11-25(12-10-24)20-15(3)13-19(22-23-20)17-5-7-18(8-6-17)21-16(4)26/h5-8,13-14H,9-12H2,1-4H3,(H,21,26). The molecule has 138 valence electrons. The molecule has 1 saturated heterocycles. The molecule has 1 aliphatic heterocycles. The van der Waals surface area contributed by atoms with Gasteiger partial charge in [-0.2, -0.15) is 0 Å². The molecule has 1 fully saturated rings. The molecule has 0 saturated carbocycles. The van der Waals surface area contributed by atoms with Crippen LogP contribution >= 0.6 is 0 Å². The third kappa shape index (κ3) is 4.19. The highest BCUT2D eigenvalue weighted by Gasteiger charge is 2.21. The summed E-state index contributed by atoms with van der Waals surface area (Å²) in [7, 11) is 0. The van der Waals surface area contributed by atoms with Crippen LogP contribution in [0, 0.1) is 6.92 Å². The largest absolute Gasteiger partial charge is 0.352 e. The molecule has 26 heavy (non-hydrogen) atoms. The van der Waals surface area contributed by atoms with Crippen molar-refractivity contribution in [3.05, 3.63) is 35.9 Å². The van der Waals surface area contributed by atoms with Gasteiger partial charge >= 0.3 is 0 Å². The first-order valence-electron chi connectivity index (χ1n) is 9.15. The van der Waals surface area contributed by atoms with E-state index < -0.39 is 0 Å². The summed E-state index contributed by atoms with van der Waals surface area (Å²) in [5, 5.41) is 11.7. The van der Waals surface area contributed by atoms with Crippen molar-refractivity contribution in [2.75, 3.05) is 36.4 Å². The van der Waals surface area contributed by atoms with E-state index in [4.69, 9.17) is 0 Å². The van der Waals surface area contributed by atoms with E-state index in [-0.39, 0.29) is 5.91 Å². The highest BCUT2D eigenvalue weighted by Crippen LogP contribution is 2.24. The molecule has 0 aliphatic carbocycles. The maximum Gasteiger partial charge on any atom is 0.221 e. The Balaban J connectivity index is 1.72. The Morgan fingerprint density at radius 3 is 2.27 bits per heavy atom. The minimum absolute atomic E-state index is 0.0738. The molecule has 1 N–H and O–H groups in total. The monoisotopic (exact) mass is 353 g/mol. The van der Waals surface area contributed by atoms with E-state index >= 15 is 0 Å². The number of nitrogens with zero attached hydrogens (tertiary/aromatic N) is 4. The van der Waals surface area contributed by atoms with E-state index in [1.54, 1.807) is 0 Å². The van der Waals surface area contributed by atoms with Gasteiger partial charge in [-0.3, -0.25) is 9.69 Å². The van der Waals surface area contributed by atoms with Crippen molar-refractivity contribution in [1.82, 2.24) is 15.1 Å². The molecule has 2 heterocycles. The van der Waals surface area contributed by atoms with Crippen molar-refractivity contribution in [2.45, 2.75) is 33.7 Å². The molecule has 1 aromatic carbocycles. The van der Waals surface area contributed by atoms with Gasteiger partial charge in [0.25, 0.3) is 0 Å². The maximum atomic E-state index is 11.1. The zero-order valence-electron chi connectivity index (χ0n) is 16.0. The number of aryl methyl sites for hydroxylation is 1. The van der Waals surface area contributed by atoms with Gasteiger partial charge < -0.3 is 10.2 Å². The van der Waals surface area contributed by atoms with Gasteiger partial charge in [0.05, 0.1) is 5.69 Å². The van der Waals surface area contributed by atoms with Crippen LogP contribution in [-0.2, 0) is 4.79 Å². The van der Waals surface area contributed by atoms with E-state index in [0.717, 1.165) is 54.5 Å². The van der Waals surface area contributed by atoms with Crippen LogP contribution in [0.15, 0.2) is 30.3 Å². The molecular weight excluding hydrogens is 326 g/mol. The molecule has 6 nitrogen and oxygen atoms in total. The van der Waals surface area contributed by atoms with E-state index in [1.807, 2.05) is 24.3 Å². The Kier molecular flexibility index (Phi) is 5.52. The zero-order chi connectivity index (χ0) is 18.7. The Bertz CT molecular complexity index is 764. The Hall–Kier alpha value is -2.47. The second kappa shape index (κ2) is 7.83. The van der Waals surface area contributed by atoms with Crippen molar-refractivity contribution in [2.24, 2.45) is 0 Å². The van der Waals surface area contributed by atoms with Gasteiger partial charge in [-0.1, -0.05) is 12.1 Å². The third-order valence-electron chi connectivity index (χ3n) is 4.80. The number of piperazine rings is 1. The first kappa shape index (κ1) is 18.3. The predicted molar refractivity (Wildman–Crippen MR) is 105 cm³/mol. The topological polar surface area (TPSA) is 61.4 Å². The molecule has 1 aromatic heterocycles. The van der Waals surface area contributed by atoms with Gasteiger partial charge in [0.15, 0.2) is 5.82 Å². The van der Waals surface area contributed by atoms with Gasteiger partial charge in [-0.25, -0.2) is 0 Å². The smallest absolute Gasteiger partial charge is 0.221 e. The molecule has 1 amide bonds. The van der Waals surface area contributed by atoms with E-state index in [0.29, 0.717) is 6.04 Å². The molecule has 1 aliphatic rings. The number of nitrogens with one attached hydrogen (secondary N) is 1. The summed E-state index contributed by atoms with van der Waals surface area (Å²) in [5.74, 6) is 0.905. The molecule has 0 spiro atoms. The molecular formula is C20H27N5O. The second-order valence-corrected chi connectivity index (χ2v) is 7.11. The van der Waals surface area contributed by atoms with Gasteiger partial charge in [0.1, 0.15) is 0 Å². The van der Waals surface area contributed by atoms with Crippen LogP contribution in [0.2, 0.25) is 0 Å². The zero-order valence-corrected chi connectivity index (χ0v) is 16.0. The van der Waals surface area contributed by atoms with Crippen LogP contribution in [0.3, 0.4) is 0 Å². The van der Waals surface area contributed by atoms with Crippen LogP contribution in [-0.4, -0.2) is 53.2 Å². The van der Waals surface area contributed by atoms with Crippen molar-refractivity contribution in [3.8, 4) is 11.3 Å².